The molecule has 0 aromatic carbocycles. The Balaban J connectivity index is 2.96. The third-order valence-corrected chi connectivity index (χ3v) is 2.05. The summed E-state index contributed by atoms with van der Waals surface area (Å²) in [7, 11) is 0. The fraction of sp³-hybridized carbons (Fsp3) is 0.500. The molecule has 1 rings (SSSR count). The van der Waals surface area contributed by atoms with Crippen LogP contribution in [-0.2, 0) is 0 Å². The van der Waals surface area contributed by atoms with Gasteiger partial charge in [-0.2, -0.15) is 0 Å². The van der Waals surface area contributed by atoms with Crippen LogP contribution in [0.15, 0.2) is 12.3 Å². The standard InChI is InChI=1S/C12H18N2O/c1-8-5-9(11(13)14-7-8)10(15)6-12(2,3)4/h5,7H,6H2,1-4H3,(H2,13,14). The smallest absolute Gasteiger partial charge is 0.167 e. The first-order chi connectivity index (χ1) is 6.79. The lowest BCUT2D eigenvalue weighted by Crippen LogP contribution is -2.15. The summed E-state index contributed by atoms with van der Waals surface area (Å²) in [6.07, 6.45) is 2.16. The summed E-state index contributed by atoms with van der Waals surface area (Å²) in [5, 5.41) is 0. The summed E-state index contributed by atoms with van der Waals surface area (Å²) < 4.78 is 0. The predicted octanol–water partition coefficient (Wildman–Crippen LogP) is 2.59. The minimum atomic E-state index is -0.0206. The number of rotatable bonds is 2. The second-order valence-electron chi connectivity index (χ2n) is 5.11. The molecule has 3 heteroatoms. The third kappa shape index (κ3) is 3.35. The molecule has 0 amide bonds. The van der Waals surface area contributed by atoms with Crippen molar-refractivity contribution >= 4 is 11.6 Å². The lowest BCUT2D eigenvalue weighted by atomic mass is 9.88. The van der Waals surface area contributed by atoms with Crippen LogP contribution in [0.25, 0.3) is 0 Å². The predicted molar refractivity (Wildman–Crippen MR) is 61.8 cm³/mol. The molecule has 0 saturated heterocycles. The monoisotopic (exact) mass is 206 g/mol. The molecule has 0 spiro atoms. The van der Waals surface area contributed by atoms with Crippen molar-refractivity contribution in [2.24, 2.45) is 5.41 Å². The van der Waals surface area contributed by atoms with Crippen LogP contribution in [0.3, 0.4) is 0 Å². The highest BCUT2D eigenvalue weighted by molar-refractivity contribution is 6.00. The van der Waals surface area contributed by atoms with Crippen molar-refractivity contribution in [1.82, 2.24) is 4.98 Å². The van der Waals surface area contributed by atoms with Crippen molar-refractivity contribution in [3.05, 3.63) is 23.4 Å². The number of pyridine rings is 1. The second-order valence-corrected chi connectivity index (χ2v) is 5.11. The minimum Gasteiger partial charge on any atom is -0.383 e. The van der Waals surface area contributed by atoms with E-state index in [0.717, 1.165) is 5.56 Å². The number of nitrogens with zero attached hydrogens (tertiary/aromatic N) is 1. The van der Waals surface area contributed by atoms with Gasteiger partial charge in [0.25, 0.3) is 0 Å². The van der Waals surface area contributed by atoms with Gasteiger partial charge in [0.15, 0.2) is 5.78 Å². The number of hydrogen-bond acceptors (Lipinski definition) is 3. The summed E-state index contributed by atoms with van der Waals surface area (Å²) in [6, 6.07) is 1.80. The highest BCUT2D eigenvalue weighted by atomic mass is 16.1. The van der Waals surface area contributed by atoms with Gasteiger partial charge in [-0.3, -0.25) is 4.79 Å². The van der Waals surface area contributed by atoms with Gasteiger partial charge in [-0.05, 0) is 24.0 Å². The van der Waals surface area contributed by atoms with E-state index in [1.165, 1.54) is 0 Å². The van der Waals surface area contributed by atoms with E-state index in [9.17, 15) is 4.79 Å². The van der Waals surface area contributed by atoms with Crippen LogP contribution >= 0.6 is 0 Å². The van der Waals surface area contributed by atoms with E-state index in [1.807, 2.05) is 27.7 Å². The van der Waals surface area contributed by atoms with Crippen molar-refractivity contribution in [3.63, 3.8) is 0 Å². The number of aryl methyl sites for hydroxylation is 1. The number of Topliss-reactive ketones (excluding diaryl/α,β-unsaturated/α-hetero) is 1. The molecule has 1 heterocycles. The number of anilines is 1. The molecule has 0 radical (unpaired) electrons. The Morgan fingerprint density at radius 3 is 2.60 bits per heavy atom. The highest BCUT2D eigenvalue weighted by Crippen LogP contribution is 2.23. The third-order valence-electron chi connectivity index (χ3n) is 2.05. The van der Waals surface area contributed by atoms with Crippen molar-refractivity contribution in [3.8, 4) is 0 Å². The van der Waals surface area contributed by atoms with Crippen LogP contribution in [0.2, 0.25) is 0 Å². The Hall–Kier alpha value is -1.38. The Morgan fingerprint density at radius 1 is 1.47 bits per heavy atom. The number of nitrogens with two attached hydrogens (primary N) is 1. The van der Waals surface area contributed by atoms with Gasteiger partial charge >= 0.3 is 0 Å². The molecular formula is C12H18N2O. The molecule has 0 atom stereocenters. The average molecular weight is 206 g/mol. The van der Waals surface area contributed by atoms with E-state index in [1.54, 1.807) is 12.3 Å². The zero-order valence-corrected chi connectivity index (χ0v) is 9.79. The van der Waals surface area contributed by atoms with E-state index in [2.05, 4.69) is 4.98 Å². The summed E-state index contributed by atoms with van der Waals surface area (Å²) in [4.78, 5) is 15.9. The van der Waals surface area contributed by atoms with Gasteiger partial charge in [0.05, 0.1) is 5.56 Å². The van der Waals surface area contributed by atoms with Gasteiger partial charge in [0.1, 0.15) is 5.82 Å². The fourth-order valence-electron chi connectivity index (χ4n) is 1.38. The maximum absolute atomic E-state index is 11.9. The van der Waals surface area contributed by atoms with Crippen LogP contribution in [0.5, 0.6) is 0 Å². The van der Waals surface area contributed by atoms with Crippen molar-refractivity contribution < 1.29 is 4.79 Å². The Kier molecular flexibility index (Phi) is 3.12. The summed E-state index contributed by atoms with van der Waals surface area (Å²) in [6.45, 7) is 8.00. The quantitative estimate of drug-likeness (QED) is 0.757. The number of nitrogen functional groups attached to an aromatic ring is 1. The first-order valence-electron chi connectivity index (χ1n) is 5.05. The lowest BCUT2D eigenvalue weighted by molar-refractivity contribution is 0.0940. The molecule has 15 heavy (non-hydrogen) atoms. The van der Waals surface area contributed by atoms with E-state index >= 15 is 0 Å². The molecule has 0 aliphatic carbocycles. The highest BCUT2D eigenvalue weighted by Gasteiger charge is 2.19. The van der Waals surface area contributed by atoms with E-state index in [0.29, 0.717) is 17.8 Å². The van der Waals surface area contributed by atoms with Gasteiger partial charge in [0.2, 0.25) is 0 Å². The number of carbonyl (C=O) groups is 1. The van der Waals surface area contributed by atoms with Crippen LogP contribution in [0.4, 0.5) is 5.82 Å². The Morgan fingerprint density at radius 2 is 2.07 bits per heavy atom. The zero-order valence-electron chi connectivity index (χ0n) is 9.79. The SMILES string of the molecule is Cc1cnc(N)c(C(=O)CC(C)(C)C)c1. The molecule has 1 aromatic heterocycles. The molecule has 0 fully saturated rings. The van der Waals surface area contributed by atoms with Crippen LogP contribution in [0, 0.1) is 12.3 Å². The van der Waals surface area contributed by atoms with E-state index in [4.69, 9.17) is 5.73 Å². The molecule has 82 valence electrons. The number of aromatic nitrogens is 1. The first-order valence-corrected chi connectivity index (χ1v) is 5.05. The maximum Gasteiger partial charge on any atom is 0.167 e. The molecule has 0 saturated carbocycles. The van der Waals surface area contributed by atoms with Crippen LogP contribution in [0.1, 0.15) is 43.1 Å². The van der Waals surface area contributed by atoms with Gasteiger partial charge in [-0.1, -0.05) is 20.8 Å². The normalized spacial score (nSPS) is 11.5. The van der Waals surface area contributed by atoms with Crippen molar-refractivity contribution in [2.75, 3.05) is 5.73 Å². The topological polar surface area (TPSA) is 56.0 Å². The molecule has 0 unspecified atom stereocenters. The maximum atomic E-state index is 11.9. The largest absolute Gasteiger partial charge is 0.383 e. The van der Waals surface area contributed by atoms with Gasteiger partial charge in [0, 0.05) is 12.6 Å². The van der Waals surface area contributed by atoms with Gasteiger partial charge in [-0.15, -0.1) is 0 Å². The fourth-order valence-corrected chi connectivity index (χ4v) is 1.38. The molecule has 2 N–H and O–H groups in total. The molecule has 0 aliphatic heterocycles. The Bertz CT molecular complexity index is 378. The summed E-state index contributed by atoms with van der Waals surface area (Å²) in [5.74, 6) is 0.394. The minimum absolute atomic E-state index is 0.0206. The first kappa shape index (κ1) is 11.7. The van der Waals surface area contributed by atoms with Crippen LogP contribution in [-0.4, -0.2) is 10.8 Å². The van der Waals surface area contributed by atoms with Crippen molar-refractivity contribution in [1.29, 1.82) is 0 Å². The van der Waals surface area contributed by atoms with Crippen LogP contribution < -0.4 is 5.73 Å². The average Bonchev–Trinajstić information content (AvgIpc) is 2.06. The number of hydrogen-bond donors (Lipinski definition) is 1. The summed E-state index contributed by atoms with van der Waals surface area (Å²) >= 11 is 0. The van der Waals surface area contributed by atoms with E-state index < -0.39 is 0 Å². The van der Waals surface area contributed by atoms with Crippen molar-refractivity contribution in [2.45, 2.75) is 34.1 Å². The molecule has 0 aliphatic rings. The molecule has 3 nitrogen and oxygen atoms in total. The summed E-state index contributed by atoms with van der Waals surface area (Å²) in [5.41, 5.74) is 7.16. The molecule has 0 bridgehead atoms. The Labute approximate surface area is 90.7 Å². The molecule has 1 aromatic rings. The molecular weight excluding hydrogens is 188 g/mol. The number of ketones is 1. The van der Waals surface area contributed by atoms with Gasteiger partial charge < -0.3 is 5.73 Å². The lowest BCUT2D eigenvalue weighted by Gasteiger charge is -2.17. The van der Waals surface area contributed by atoms with E-state index in [-0.39, 0.29) is 11.2 Å². The number of carbonyl (C=O) groups excluding carboxylic acids is 1. The zero-order chi connectivity index (χ0) is 11.6. The second kappa shape index (κ2) is 4.01. The van der Waals surface area contributed by atoms with Gasteiger partial charge in [-0.25, -0.2) is 4.98 Å².